The third kappa shape index (κ3) is 2.13. The van der Waals surface area contributed by atoms with E-state index >= 15 is 0 Å². The van der Waals surface area contributed by atoms with Crippen molar-refractivity contribution >= 4 is 22.2 Å². The lowest BCUT2D eigenvalue weighted by Gasteiger charge is -2.23. The number of piperidine rings is 1. The van der Waals surface area contributed by atoms with E-state index in [1.807, 2.05) is 13.8 Å². The number of nitriles is 1. The van der Waals surface area contributed by atoms with E-state index in [-0.39, 0.29) is 17.2 Å². The number of hydrogen-bond donors (Lipinski definition) is 2. The second-order valence-electron chi connectivity index (χ2n) is 5.96. The SMILES string of the molecule is Cc1sc(NC(=O)C2CC23CCNCC3)c(C#N)c1C. The van der Waals surface area contributed by atoms with Gasteiger partial charge in [0.2, 0.25) is 5.91 Å². The molecule has 1 amide bonds. The molecule has 2 fully saturated rings. The van der Waals surface area contributed by atoms with E-state index in [2.05, 4.69) is 16.7 Å². The second-order valence-corrected chi connectivity index (χ2v) is 7.18. The molecule has 1 aliphatic carbocycles. The maximum Gasteiger partial charge on any atom is 0.228 e. The number of aryl methyl sites for hydroxylation is 1. The topological polar surface area (TPSA) is 64.9 Å². The monoisotopic (exact) mass is 289 g/mol. The average molecular weight is 289 g/mol. The summed E-state index contributed by atoms with van der Waals surface area (Å²) in [5, 5.41) is 16.3. The van der Waals surface area contributed by atoms with Crippen LogP contribution in [0, 0.1) is 36.5 Å². The van der Waals surface area contributed by atoms with Gasteiger partial charge in [-0.25, -0.2) is 0 Å². The molecule has 0 aromatic carbocycles. The van der Waals surface area contributed by atoms with Crippen LogP contribution in [-0.4, -0.2) is 19.0 Å². The number of nitrogens with zero attached hydrogens (tertiary/aromatic N) is 1. The van der Waals surface area contributed by atoms with E-state index in [0.717, 1.165) is 47.8 Å². The molecule has 2 N–H and O–H groups in total. The molecular weight excluding hydrogens is 270 g/mol. The summed E-state index contributed by atoms with van der Waals surface area (Å²) in [4.78, 5) is 13.5. The van der Waals surface area contributed by atoms with Crippen LogP contribution in [0.1, 0.15) is 35.3 Å². The first-order valence-corrected chi connectivity index (χ1v) is 7.91. The van der Waals surface area contributed by atoms with Gasteiger partial charge in [-0.3, -0.25) is 4.79 Å². The summed E-state index contributed by atoms with van der Waals surface area (Å²) < 4.78 is 0. The summed E-state index contributed by atoms with van der Waals surface area (Å²) in [5.74, 6) is 0.239. The summed E-state index contributed by atoms with van der Waals surface area (Å²) in [6, 6.07) is 2.21. The number of nitrogens with one attached hydrogen (secondary N) is 2. The maximum atomic E-state index is 12.4. The molecule has 0 bridgehead atoms. The molecule has 3 rings (SSSR count). The molecule has 1 saturated carbocycles. The molecule has 20 heavy (non-hydrogen) atoms. The van der Waals surface area contributed by atoms with Gasteiger partial charge in [-0.15, -0.1) is 11.3 Å². The lowest BCUT2D eigenvalue weighted by atomic mass is 9.92. The maximum absolute atomic E-state index is 12.4. The Labute approximate surface area is 123 Å². The number of amides is 1. The fourth-order valence-corrected chi connectivity index (χ4v) is 4.26. The van der Waals surface area contributed by atoms with Crippen molar-refractivity contribution in [2.45, 2.75) is 33.1 Å². The van der Waals surface area contributed by atoms with Crippen LogP contribution in [0.15, 0.2) is 0 Å². The van der Waals surface area contributed by atoms with E-state index < -0.39 is 0 Å². The molecule has 0 radical (unpaired) electrons. The van der Waals surface area contributed by atoms with Crippen molar-refractivity contribution < 1.29 is 4.79 Å². The molecule has 5 heteroatoms. The highest BCUT2D eigenvalue weighted by molar-refractivity contribution is 7.16. The minimum absolute atomic E-state index is 0.102. The third-order valence-corrected chi connectivity index (χ3v) is 5.96. The molecule has 1 atom stereocenters. The zero-order valence-corrected chi connectivity index (χ0v) is 12.7. The van der Waals surface area contributed by atoms with Crippen molar-refractivity contribution in [2.75, 3.05) is 18.4 Å². The van der Waals surface area contributed by atoms with E-state index in [0.29, 0.717) is 5.56 Å². The fourth-order valence-electron chi connectivity index (χ4n) is 3.24. The van der Waals surface area contributed by atoms with Gasteiger partial charge in [0.05, 0.1) is 5.56 Å². The van der Waals surface area contributed by atoms with Gasteiger partial charge in [-0.1, -0.05) is 0 Å². The third-order valence-electron chi connectivity index (χ3n) is 4.84. The van der Waals surface area contributed by atoms with E-state index in [1.54, 1.807) is 0 Å². The molecule has 1 saturated heterocycles. The van der Waals surface area contributed by atoms with Crippen molar-refractivity contribution in [3.63, 3.8) is 0 Å². The summed E-state index contributed by atoms with van der Waals surface area (Å²) in [7, 11) is 0. The Hall–Kier alpha value is -1.38. The largest absolute Gasteiger partial charge is 0.317 e. The van der Waals surface area contributed by atoms with E-state index in [4.69, 9.17) is 0 Å². The Bertz CT molecular complexity index is 593. The lowest BCUT2D eigenvalue weighted by molar-refractivity contribution is -0.118. The zero-order valence-electron chi connectivity index (χ0n) is 11.9. The molecule has 2 heterocycles. The summed E-state index contributed by atoms with van der Waals surface area (Å²) in [6.45, 7) is 5.96. The van der Waals surface area contributed by atoms with Gasteiger partial charge in [0.25, 0.3) is 0 Å². The first-order valence-electron chi connectivity index (χ1n) is 7.09. The number of thiophene rings is 1. The van der Waals surface area contributed by atoms with Gasteiger partial charge in [0.1, 0.15) is 11.1 Å². The molecular formula is C15H19N3OS. The van der Waals surface area contributed by atoms with Crippen LogP contribution < -0.4 is 10.6 Å². The molecule has 4 nitrogen and oxygen atoms in total. The first kappa shape index (κ1) is 13.6. The Morgan fingerprint density at radius 3 is 2.80 bits per heavy atom. The van der Waals surface area contributed by atoms with Gasteiger partial charge in [-0.05, 0) is 57.2 Å². The van der Waals surface area contributed by atoms with Crippen molar-refractivity contribution in [3.05, 3.63) is 16.0 Å². The average Bonchev–Trinajstić information content (AvgIpc) is 3.05. The highest BCUT2D eigenvalue weighted by atomic mass is 32.1. The number of rotatable bonds is 2. The van der Waals surface area contributed by atoms with Crippen LogP contribution >= 0.6 is 11.3 Å². The number of carbonyl (C=O) groups excluding carboxylic acids is 1. The van der Waals surface area contributed by atoms with Crippen LogP contribution in [0.2, 0.25) is 0 Å². The van der Waals surface area contributed by atoms with Crippen molar-refractivity contribution in [3.8, 4) is 6.07 Å². The lowest BCUT2D eigenvalue weighted by Crippen LogP contribution is -2.31. The minimum atomic E-state index is 0.102. The minimum Gasteiger partial charge on any atom is -0.317 e. The molecule has 1 spiro atoms. The highest BCUT2D eigenvalue weighted by Gasteiger charge is 2.57. The number of hydrogen-bond acceptors (Lipinski definition) is 4. The Morgan fingerprint density at radius 1 is 1.45 bits per heavy atom. The van der Waals surface area contributed by atoms with Gasteiger partial charge >= 0.3 is 0 Å². The Balaban J connectivity index is 1.72. The van der Waals surface area contributed by atoms with Crippen LogP contribution in [0.3, 0.4) is 0 Å². The van der Waals surface area contributed by atoms with E-state index in [9.17, 15) is 10.1 Å². The van der Waals surface area contributed by atoms with Crippen molar-refractivity contribution in [1.82, 2.24) is 5.32 Å². The van der Waals surface area contributed by atoms with Crippen LogP contribution in [0.25, 0.3) is 0 Å². The number of carbonyl (C=O) groups is 1. The summed E-state index contributed by atoms with van der Waals surface area (Å²) in [6.07, 6.45) is 3.20. The van der Waals surface area contributed by atoms with E-state index in [1.165, 1.54) is 11.3 Å². The molecule has 2 aliphatic rings. The van der Waals surface area contributed by atoms with Gasteiger partial charge in [0, 0.05) is 10.8 Å². The van der Waals surface area contributed by atoms with Crippen molar-refractivity contribution in [1.29, 1.82) is 5.26 Å². The molecule has 1 aromatic rings. The normalized spacial score (nSPS) is 23.4. The quantitative estimate of drug-likeness (QED) is 0.879. The standard InChI is InChI=1S/C15H19N3OS/c1-9-10(2)20-14(11(9)8-16)18-13(19)12-7-15(12)3-5-17-6-4-15/h12,17H,3-7H2,1-2H3,(H,18,19). The molecule has 1 aromatic heterocycles. The van der Waals surface area contributed by atoms with Crippen LogP contribution in [-0.2, 0) is 4.79 Å². The summed E-state index contributed by atoms with van der Waals surface area (Å²) >= 11 is 1.51. The van der Waals surface area contributed by atoms with Crippen molar-refractivity contribution in [2.24, 2.45) is 11.3 Å². The fraction of sp³-hybridized carbons (Fsp3) is 0.600. The molecule has 1 aliphatic heterocycles. The Morgan fingerprint density at radius 2 is 2.15 bits per heavy atom. The van der Waals surface area contributed by atoms with Crippen LogP contribution in [0.4, 0.5) is 5.00 Å². The zero-order chi connectivity index (χ0) is 14.3. The first-order chi connectivity index (χ1) is 9.57. The Kier molecular flexibility index (Phi) is 3.31. The van der Waals surface area contributed by atoms with Gasteiger partial charge < -0.3 is 10.6 Å². The molecule has 1 unspecified atom stereocenters. The number of anilines is 1. The van der Waals surface area contributed by atoms with Gasteiger partial charge in [-0.2, -0.15) is 5.26 Å². The van der Waals surface area contributed by atoms with Gasteiger partial charge in [0.15, 0.2) is 0 Å². The smallest absolute Gasteiger partial charge is 0.228 e. The predicted octanol–water partition coefficient (Wildman–Crippen LogP) is 2.56. The summed E-state index contributed by atoms with van der Waals surface area (Å²) in [5.41, 5.74) is 1.85. The second kappa shape index (κ2) is 4.87. The predicted molar refractivity (Wildman–Crippen MR) is 79.8 cm³/mol. The molecule has 106 valence electrons. The van der Waals surface area contributed by atoms with Crippen LogP contribution in [0.5, 0.6) is 0 Å². The highest BCUT2D eigenvalue weighted by Crippen LogP contribution is 2.59.